The SMILES string of the molecule is O=C(Cc1cncc(Br)c1)c1cncc(Br)c1. The van der Waals surface area contributed by atoms with Gasteiger partial charge in [-0.2, -0.15) is 0 Å². The van der Waals surface area contributed by atoms with Crippen molar-refractivity contribution in [2.75, 3.05) is 0 Å². The number of carbonyl (C=O) groups is 1. The van der Waals surface area contributed by atoms with Crippen molar-refractivity contribution >= 4 is 37.6 Å². The second-order valence-corrected chi connectivity index (χ2v) is 5.33. The van der Waals surface area contributed by atoms with Crippen LogP contribution in [0.3, 0.4) is 0 Å². The number of carbonyl (C=O) groups excluding carboxylic acids is 1. The first-order chi connectivity index (χ1) is 8.15. The molecule has 0 aliphatic carbocycles. The van der Waals surface area contributed by atoms with Gasteiger partial charge >= 0.3 is 0 Å². The van der Waals surface area contributed by atoms with Gasteiger partial charge in [-0.25, -0.2) is 0 Å². The van der Waals surface area contributed by atoms with Crippen LogP contribution >= 0.6 is 31.9 Å². The standard InChI is InChI=1S/C12H8Br2N2O/c13-10-1-8(4-15-6-10)2-12(17)9-3-11(14)7-16-5-9/h1,3-7H,2H2. The Morgan fingerprint density at radius 2 is 1.65 bits per heavy atom. The highest BCUT2D eigenvalue weighted by atomic mass is 79.9. The van der Waals surface area contributed by atoms with E-state index in [9.17, 15) is 4.79 Å². The van der Waals surface area contributed by atoms with E-state index in [0.717, 1.165) is 14.5 Å². The second-order valence-electron chi connectivity index (χ2n) is 3.50. The molecule has 0 aliphatic heterocycles. The normalized spacial score (nSPS) is 10.2. The molecule has 17 heavy (non-hydrogen) atoms. The van der Waals surface area contributed by atoms with Crippen molar-refractivity contribution in [3.8, 4) is 0 Å². The largest absolute Gasteiger partial charge is 0.294 e. The molecule has 0 amide bonds. The van der Waals surface area contributed by atoms with Crippen molar-refractivity contribution in [2.45, 2.75) is 6.42 Å². The molecule has 3 nitrogen and oxygen atoms in total. The van der Waals surface area contributed by atoms with Gasteiger partial charge in [-0.1, -0.05) is 0 Å². The first kappa shape index (κ1) is 12.4. The van der Waals surface area contributed by atoms with E-state index < -0.39 is 0 Å². The molecule has 2 aromatic heterocycles. The lowest BCUT2D eigenvalue weighted by Crippen LogP contribution is -2.04. The molecule has 0 N–H and O–H groups in total. The molecule has 0 spiro atoms. The van der Waals surface area contributed by atoms with Crippen LogP contribution in [0.25, 0.3) is 0 Å². The first-order valence-corrected chi connectivity index (χ1v) is 6.47. The van der Waals surface area contributed by atoms with Gasteiger partial charge in [-0.05, 0) is 49.6 Å². The van der Waals surface area contributed by atoms with E-state index >= 15 is 0 Å². The van der Waals surface area contributed by atoms with Crippen LogP contribution in [0.1, 0.15) is 15.9 Å². The number of ketones is 1. The van der Waals surface area contributed by atoms with Crippen LogP contribution in [0.15, 0.2) is 45.9 Å². The van der Waals surface area contributed by atoms with Gasteiger partial charge in [-0.3, -0.25) is 14.8 Å². The lowest BCUT2D eigenvalue weighted by molar-refractivity contribution is 0.0992. The summed E-state index contributed by atoms with van der Waals surface area (Å²) < 4.78 is 1.67. The smallest absolute Gasteiger partial charge is 0.168 e. The van der Waals surface area contributed by atoms with Crippen molar-refractivity contribution < 1.29 is 4.79 Å². The Morgan fingerprint density at radius 3 is 2.29 bits per heavy atom. The predicted molar refractivity (Wildman–Crippen MR) is 71.9 cm³/mol. The zero-order chi connectivity index (χ0) is 12.3. The number of pyridine rings is 2. The summed E-state index contributed by atoms with van der Waals surface area (Å²) in [5.41, 5.74) is 1.48. The molecule has 0 bridgehead atoms. The Balaban J connectivity index is 2.17. The third-order valence-electron chi connectivity index (χ3n) is 2.15. The average molecular weight is 356 g/mol. The monoisotopic (exact) mass is 354 g/mol. The van der Waals surface area contributed by atoms with Crippen LogP contribution in [-0.2, 0) is 6.42 Å². The second kappa shape index (κ2) is 5.51. The lowest BCUT2D eigenvalue weighted by atomic mass is 10.1. The summed E-state index contributed by atoms with van der Waals surface area (Å²) in [6, 6.07) is 3.65. The number of halogens is 2. The van der Waals surface area contributed by atoms with Crippen molar-refractivity contribution in [1.82, 2.24) is 9.97 Å². The van der Waals surface area contributed by atoms with Crippen LogP contribution in [0, 0.1) is 0 Å². The van der Waals surface area contributed by atoms with Gasteiger partial charge in [0.1, 0.15) is 0 Å². The van der Waals surface area contributed by atoms with Gasteiger partial charge in [0, 0.05) is 45.7 Å². The van der Waals surface area contributed by atoms with Crippen molar-refractivity contribution in [2.24, 2.45) is 0 Å². The molecule has 2 heterocycles. The van der Waals surface area contributed by atoms with Gasteiger partial charge in [0.2, 0.25) is 0 Å². The number of hydrogen-bond acceptors (Lipinski definition) is 3. The van der Waals surface area contributed by atoms with Gasteiger partial charge in [0.15, 0.2) is 5.78 Å². The highest BCUT2D eigenvalue weighted by Crippen LogP contribution is 2.14. The maximum Gasteiger partial charge on any atom is 0.168 e. The van der Waals surface area contributed by atoms with E-state index in [-0.39, 0.29) is 5.78 Å². The molecule has 0 aromatic carbocycles. The molecule has 0 fully saturated rings. The Hall–Kier alpha value is -1.07. The Bertz CT molecular complexity index is 558. The fourth-order valence-electron chi connectivity index (χ4n) is 1.40. The van der Waals surface area contributed by atoms with Crippen molar-refractivity contribution in [1.29, 1.82) is 0 Å². The van der Waals surface area contributed by atoms with E-state index in [0.29, 0.717) is 12.0 Å². The lowest BCUT2D eigenvalue weighted by Gasteiger charge is -2.01. The van der Waals surface area contributed by atoms with Crippen molar-refractivity contribution in [3.63, 3.8) is 0 Å². The quantitative estimate of drug-likeness (QED) is 0.792. The van der Waals surface area contributed by atoms with Crippen LogP contribution in [-0.4, -0.2) is 15.8 Å². The minimum Gasteiger partial charge on any atom is -0.294 e. The van der Waals surface area contributed by atoms with Crippen LogP contribution in [0.2, 0.25) is 0 Å². The van der Waals surface area contributed by atoms with Crippen LogP contribution in [0.5, 0.6) is 0 Å². The van der Waals surface area contributed by atoms with E-state index in [1.54, 1.807) is 30.9 Å². The minimum atomic E-state index is 0.0266. The van der Waals surface area contributed by atoms with Crippen LogP contribution in [0.4, 0.5) is 0 Å². The first-order valence-electron chi connectivity index (χ1n) is 4.88. The molecule has 2 rings (SSSR count). The molecular formula is C12H8Br2N2O. The third kappa shape index (κ3) is 3.44. The fraction of sp³-hybridized carbons (Fsp3) is 0.0833. The highest BCUT2D eigenvalue weighted by molar-refractivity contribution is 9.10. The number of nitrogens with zero attached hydrogens (tertiary/aromatic N) is 2. The number of hydrogen-bond donors (Lipinski definition) is 0. The van der Waals surface area contributed by atoms with E-state index in [2.05, 4.69) is 41.8 Å². The summed E-state index contributed by atoms with van der Waals surface area (Å²) >= 11 is 6.62. The van der Waals surface area contributed by atoms with Crippen molar-refractivity contribution in [3.05, 3.63) is 57.0 Å². The molecule has 0 aliphatic rings. The molecule has 0 atom stereocenters. The topological polar surface area (TPSA) is 42.9 Å². The van der Waals surface area contributed by atoms with E-state index in [1.165, 1.54) is 0 Å². The maximum absolute atomic E-state index is 12.0. The maximum atomic E-state index is 12.0. The Morgan fingerprint density at radius 1 is 1.00 bits per heavy atom. The van der Waals surface area contributed by atoms with Gasteiger partial charge in [0.05, 0.1) is 0 Å². The number of aromatic nitrogens is 2. The van der Waals surface area contributed by atoms with E-state index in [4.69, 9.17) is 0 Å². The summed E-state index contributed by atoms with van der Waals surface area (Å²) in [7, 11) is 0. The summed E-state index contributed by atoms with van der Waals surface area (Å²) in [4.78, 5) is 20.0. The summed E-state index contributed by atoms with van der Waals surface area (Å²) in [5.74, 6) is 0.0266. The summed E-state index contributed by atoms with van der Waals surface area (Å²) in [6.45, 7) is 0. The molecule has 0 saturated heterocycles. The molecule has 2 aromatic rings. The zero-order valence-corrected chi connectivity index (χ0v) is 11.9. The minimum absolute atomic E-state index is 0.0266. The Labute approximate surface area is 116 Å². The van der Waals surface area contributed by atoms with Gasteiger partial charge < -0.3 is 0 Å². The highest BCUT2D eigenvalue weighted by Gasteiger charge is 2.08. The van der Waals surface area contributed by atoms with E-state index in [1.807, 2.05) is 6.07 Å². The molecule has 0 radical (unpaired) electrons. The fourth-order valence-corrected chi connectivity index (χ4v) is 2.18. The summed E-state index contributed by atoms with van der Waals surface area (Å²) in [6.07, 6.45) is 6.92. The number of rotatable bonds is 3. The number of Topliss-reactive ketones (excluding diaryl/α,β-unsaturated/α-hetero) is 1. The molecule has 0 saturated carbocycles. The molecule has 86 valence electrons. The third-order valence-corrected chi connectivity index (χ3v) is 3.02. The zero-order valence-electron chi connectivity index (χ0n) is 8.73. The van der Waals surface area contributed by atoms with Crippen LogP contribution < -0.4 is 0 Å². The Kier molecular flexibility index (Phi) is 4.02. The summed E-state index contributed by atoms with van der Waals surface area (Å²) in [5, 5.41) is 0. The molecule has 0 unspecified atom stereocenters. The van der Waals surface area contributed by atoms with Gasteiger partial charge in [0.25, 0.3) is 0 Å². The average Bonchev–Trinajstić information content (AvgIpc) is 2.29. The predicted octanol–water partition coefficient (Wildman–Crippen LogP) is 3.43. The molecule has 5 heteroatoms. The van der Waals surface area contributed by atoms with Gasteiger partial charge in [-0.15, -0.1) is 0 Å². The molecular weight excluding hydrogens is 348 g/mol.